The molecule has 2 rings (SSSR count). The molecule has 1 fully saturated rings. The lowest BCUT2D eigenvalue weighted by Gasteiger charge is -2.12. The number of anilines is 2. The van der Waals surface area contributed by atoms with E-state index in [9.17, 15) is 10.2 Å². The van der Waals surface area contributed by atoms with Crippen molar-refractivity contribution < 1.29 is 14.9 Å². The van der Waals surface area contributed by atoms with Gasteiger partial charge in [-0.1, -0.05) is 13.3 Å². The highest BCUT2D eigenvalue weighted by Gasteiger charge is 2.41. The number of aliphatic hydroxyl groups excluding tert-OH is 2. The molecular formula is C13H21N5O3. The van der Waals surface area contributed by atoms with Gasteiger partial charge in [-0.2, -0.15) is 0 Å². The minimum atomic E-state index is -1.04. The van der Waals surface area contributed by atoms with Crippen molar-refractivity contribution in [3.05, 3.63) is 12.0 Å². The van der Waals surface area contributed by atoms with Crippen LogP contribution in [0.4, 0.5) is 11.5 Å². The molecular weight excluding hydrogens is 274 g/mol. The van der Waals surface area contributed by atoms with E-state index in [1.807, 2.05) is 6.92 Å². The molecule has 1 aliphatic heterocycles. The largest absolute Gasteiger partial charge is 0.388 e. The molecule has 8 heteroatoms. The van der Waals surface area contributed by atoms with E-state index in [0.29, 0.717) is 23.6 Å². The molecule has 0 aromatic carbocycles. The monoisotopic (exact) mass is 295 g/mol. The summed E-state index contributed by atoms with van der Waals surface area (Å²) in [6.07, 6.45) is 1.15. The molecule has 1 saturated heterocycles. The molecule has 0 aliphatic carbocycles. The number of nitrogen functional groups attached to an aromatic ring is 1. The summed E-state index contributed by atoms with van der Waals surface area (Å²) >= 11 is 0. The van der Waals surface area contributed by atoms with Crippen LogP contribution in [0.1, 0.15) is 25.5 Å². The average molecular weight is 295 g/mol. The molecule has 0 radical (unpaired) electrons. The maximum Gasteiger partial charge on any atom is 0.178 e. The first kappa shape index (κ1) is 15.6. The van der Waals surface area contributed by atoms with E-state index in [2.05, 4.69) is 20.3 Å². The van der Waals surface area contributed by atoms with Gasteiger partial charge < -0.3 is 26.0 Å². The lowest BCUT2D eigenvalue weighted by molar-refractivity contribution is 0.00804. The topological polar surface area (TPSA) is 126 Å². The number of aliphatic hydroxyl groups is 2. The Labute approximate surface area is 123 Å². The van der Waals surface area contributed by atoms with Crippen LogP contribution >= 0.6 is 0 Å². The molecule has 1 aromatic rings. The van der Waals surface area contributed by atoms with Gasteiger partial charge in [0.2, 0.25) is 0 Å². The van der Waals surface area contributed by atoms with Gasteiger partial charge in [-0.15, -0.1) is 0 Å². The minimum absolute atomic E-state index is 0.311. The van der Waals surface area contributed by atoms with Gasteiger partial charge in [-0.25, -0.2) is 15.0 Å². The molecule has 0 saturated carbocycles. The second-order valence-corrected chi connectivity index (χ2v) is 4.98. The van der Waals surface area contributed by atoms with Gasteiger partial charge in [0.1, 0.15) is 24.2 Å². The summed E-state index contributed by atoms with van der Waals surface area (Å²) in [7, 11) is 0. The van der Waals surface area contributed by atoms with Crippen LogP contribution in [0.15, 0.2) is 11.3 Å². The van der Waals surface area contributed by atoms with Crippen LogP contribution < -0.4 is 11.1 Å². The maximum atomic E-state index is 9.89. The Hall–Kier alpha value is -1.77. The third kappa shape index (κ3) is 3.46. The van der Waals surface area contributed by atoms with Crippen molar-refractivity contribution in [3.8, 4) is 0 Å². The first-order valence-corrected chi connectivity index (χ1v) is 6.91. The second kappa shape index (κ2) is 6.79. The number of aryl methyl sites for hydroxylation is 1. The zero-order valence-electron chi connectivity index (χ0n) is 12.1. The molecule has 1 aromatic heterocycles. The van der Waals surface area contributed by atoms with Crippen LogP contribution in [-0.2, 0) is 4.74 Å². The molecule has 21 heavy (non-hydrogen) atoms. The van der Waals surface area contributed by atoms with Crippen molar-refractivity contribution in [2.75, 3.05) is 11.1 Å². The molecule has 4 unspecified atom stereocenters. The number of nitrogens with two attached hydrogens (primary N) is 1. The minimum Gasteiger partial charge on any atom is -0.388 e. The van der Waals surface area contributed by atoms with E-state index >= 15 is 0 Å². The Balaban J connectivity index is 1.99. The van der Waals surface area contributed by atoms with E-state index in [4.69, 9.17) is 10.5 Å². The Bertz CT molecular complexity index is 490. The van der Waals surface area contributed by atoms with Crippen molar-refractivity contribution >= 4 is 17.8 Å². The van der Waals surface area contributed by atoms with Crippen molar-refractivity contribution in [2.45, 2.75) is 51.2 Å². The lowest BCUT2D eigenvalue weighted by Crippen LogP contribution is -2.32. The van der Waals surface area contributed by atoms with Crippen molar-refractivity contribution in [1.29, 1.82) is 0 Å². The fraction of sp³-hybridized carbons (Fsp3) is 0.615. The fourth-order valence-corrected chi connectivity index (χ4v) is 2.22. The summed E-state index contributed by atoms with van der Waals surface area (Å²) in [6.45, 7) is 3.78. The van der Waals surface area contributed by atoms with Crippen LogP contribution in [0.2, 0.25) is 0 Å². The first-order chi connectivity index (χ1) is 10.0. The summed E-state index contributed by atoms with van der Waals surface area (Å²) in [6, 6.07) is 0. The van der Waals surface area contributed by atoms with Crippen molar-refractivity contribution in [2.24, 2.45) is 4.99 Å². The quantitative estimate of drug-likeness (QED) is 0.447. The Kier molecular flexibility index (Phi) is 5.05. The summed E-state index contributed by atoms with van der Waals surface area (Å²) in [5, 5.41) is 22.6. The smallest absolute Gasteiger partial charge is 0.178 e. The van der Waals surface area contributed by atoms with Gasteiger partial charge in [-0.05, 0) is 13.3 Å². The van der Waals surface area contributed by atoms with Gasteiger partial charge in [0, 0.05) is 0 Å². The number of aliphatic imine (C=N–C) groups is 1. The molecule has 116 valence electrons. The number of nitrogens with zero attached hydrogens (tertiary/aromatic N) is 3. The van der Waals surface area contributed by atoms with Crippen LogP contribution in [0.3, 0.4) is 0 Å². The van der Waals surface area contributed by atoms with E-state index in [1.54, 1.807) is 6.92 Å². The fourth-order valence-electron chi connectivity index (χ4n) is 2.22. The Morgan fingerprint density at radius 1 is 1.43 bits per heavy atom. The van der Waals surface area contributed by atoms with Crippen LogP contribution in [-0.4, -0.2) is 51.1 Å². The van der Waals surface area contributed by atoms with E-state index < -0.39 is 18.4 Å². The number of aromatic nitrogens is 2. The number of hydrogen-bond donors (Lipinski definition) is 4. The van der Waals surface area contributed by atoms with Crippen molar-refractivity contribution in [1.82, 2.24) is 9.97 Å². The number of hydrogen-bond acceptors (Lipinski definition) is 7. The number of ether oxygens (including phenoxy) is 1. The predicted octanol–water partition coefficient (Wildman–Crippen LogP) is 0.0542. The predicted molar refractivity (Wildman–Crippen MR) is 78.9 cm³/mol. The van der Waals surface area contributed by atoms with Crippen molar-refractivity contribution in [3.63, 3.8) is 0 Å². The molecule has 0 amide bonds. The summed E-state index contributed by atoms with van der Waals surface area (Å²) in [5.41, 5.74) is 6.97. The molecule has 0 bridgehead atoms. The van der Waals surface area contributed by atoms with Gasteiger partial charge in [-0.3, -0.25) is 0 Å². The van der Waals surface area contributed by atoms with E-state index in [1.165, 1.54) is 12.7 Å². The van der Waals surface area contributed by atoms with E-state index in [-0.39, 0.29) is 6.10 Å². The van der Waals surface area contributed by atoms with Crippen LogP contribution in [0.5, 0.6) is 0 Å². The zero-order valence-corrected chi connectivity index (χ0v) is 12.1. The highest BCUT2D eigenvalue weighted by Crippen LogP contribution is 2.25. The Morgan fingerprint density at radius 2 is 2.19 bits per heavy atom. The summed E-state index contributed by atoms with van der Waals surface area (Å²) in [4.78, 5) is 12.0. The Morgan fingerprint density at radius 3 is 2.86 bits per heavy atom. The number of rotatable bonds is 5. The molecule has 5 N–H and O–H groups in total. The normalized spacial score (nSPS) is 29.1. The molecule has 0 spiro atoms. The zero-order chi connectivity index (χ0) is 15.4. The summed E-state index contributed by atoms with van der Waals surface area (Å²) < 4.78 is 5.52. The molecule has 4 atom stereocenters. The van der Waals surface area contributed by atoms with Gasteiger partial charge in [0.25, 0.3) is 0 Å². The van der Waals surface area contributed by atoms with Gasteiger partial charge >= 0.3 is 0 Å². The lowest BCUT2D eigenvalue weighted by atomic mass is 10.1. The molecule has 8 nitrogen and oxygen atoms in total. The highest BCUT2D eigenvalue weighted by atomic mass is 16.6. The SMILES string of the molecule is CCCC1OC(N=CNc2c(C)ncnc2N)C(O)C1O. The average Bonchev–Trinajstić information content (AvgIpc) is 2.71. The molecule has 1 aliphatic rings. The van der Waals surface area contributed by atoms with Gasteiger partial charge in [0.15, 0.2) is 12.0 Å². The standard InChI is InChI=1S/C13H21N5O3/c1-3-4-8-10(19)11(20)13(21-8)18-6-16-9-7(2)15-5-17-12(9)14/h5-6,8,10-11,13,19-20H,3-4H2,1-2H3,(H,16,18)(H2,14,15,17). The molecule has 2 heterocycles. The third-order valence-electron chi connectivity index (χ3n) is 3.41. The first-order valence-electron chi connectivity index (χ1n) is 6.91. The van der Waals surface area contributed by atoms with E-state index in [0.717, 1.165) is 6.42 Å². The number of nitrogens with one attached hydrogen (secondary N) is 1. The van der Waals surface area contributed by atoms with Crippen LogP contribution in [0.25, 0.3) is 0 Å². The summed E-state index contributed by atoms with van der Waals surface area (Å²) in [5.74, 6) is 0.311. The van der Waals surface area contributed by atoms with Gasteiger partial charge in [0.05, 0.1) is 18.1 Å². The highest BCUT2D eigenvalue weighted by molar-refractivity contribution is 5.81. The third-order valence-corrected chi connectivity index (χ3v) is 3.41. The van der Waals surface area contributed by atoms with Crippen LogP contribution in [0, 0.1) is 6.92 Å². The maximum absolute atomic E-state index is 9.89. The second-order valence-electron chi connectivity index (χ2n) is 4.98.